The van der Waals surface area contributed by atoms with Gasteiger partial charge in [0.05, 0.1) is 25.1 Å². The lowest BCUT2D eigenvalue weighted by Crippen LogP contribution is -2.18. The summed E-state index contributed by atoms with van der Waals surface area (Å²) in [6, 6.07) is 16.7. The van der Waals surface area contributed by atoms with Gasteiger partial charge < -0.3 is 9.47 Å². The van der Waals surface area contributed by atoms with Crippen LogP contribution in [0.5, 0.6) is 11.5 Å². The van der Waals surface area contributed by atoms with Crippen LogP contribution in [-0.4, -0.2) is 35.5 Å². The third kappa shape index (κ3) is 4.76. The van der Waals surface area contributed by atoms with Crippen LogP contribution in [0.3, 0.4) is 0 Å². The van der Waals surface area contributed by atoms with Crippen LogP contribution < -0.4 is 14.9 Å². The maximum absolute atomic E-state index is 12.3. The Morgan fingerprint density at radius 1 is 1.11 bits per heavy atom. The summed E-state index contributed by atoms with van der Waals surface area (Å²) in [5, 5.41) is 10.9. The molecule has 0 radical (unpaired) electrons. The number of nitrogens with zero attached hydrogens (tertiary/aromatic N) is 2. The largest absolute Gasteiger partial charge is 0.494 e. The van der Waals surface area contributed by atoms with E-state index in [4.69, 9.17) is 9.47 Å². The van der Waals surface area contributed by atoms with Crippen molar-refractivity contribution < 1.29 is 14.3 Å². The molecule has 28 heavy (non-hydrogen) atoms. The Hall–Kier alpha value is -3.61. The number of carbonyl (C=O) groups excluding carboxylic acids is 1. The van der Waals surface area contributed by atoms with E-state index in [0.717, 1.165) is 16.9 Å². The lowest BCUT2D eigenvalue weighted by Gasteiger charge is -2.05. The van der Waals surface area contributed by atoms with Crippen molar-refractivity contribution in [3.8, 4) is 22.8 Å². The molecule has 0 spiro atoms. The summed E-state index contributed by atoms with van der Waals surface area (Å²) < 4.78 is 11.0. The summed E-state index contributed by atoms with van der Waals surface area (Å²) in [5.41, 5.74) is 5.14. The zero-order chi connectivity index (χ0) is 19.8. The Labute approximate surface area is 163 Å². The number of hydrogen-bond donors (Lipinski definition) is 2. The van der Waals surface area contributed by atoms with Crippen LogP contribution in [0.25, 0.3) is 11.3 Å². The smallest absolute Gasteiger partial charge is 0.289 e. The van der Waals surface area contributed by atoms with Gasteiger partial charge >= 0.3 is 0 Å². The predicted octanol–water partition coefficient (Wildman–Crippen LogP) is 3.64. The molecule has 0 bridgehead atoms. The van der Waals surface area contributed by atoms with E-state index in [0.29, 0.717) is 30.4 Å². The fraction of sp³-hybridized carbons (Fsp3) is 0.190. The first-order chi connectivity index (χ1) is 13.7. The highest BCUT2D eigenvalue weighted by atomic mass is 16.5. The summed E-state index contributed by atoms with van der Waals surface area (Å²) in [7, 11) is 0. The van der Waals surface area contributed by atoms with Crippen molar-refractivity contribution in [2.45, 2.75) is 13.8 Å². The van der Waals surface area contributed by atoms with E-state index in [2.05, 4.69) is 20.7 Å². The zero-order valence-electron chi connectivity index (χ0n) is 15.8. The fourth-order valence-corrected chi connectivity index (χ4v) is 2.57. The Kier molecular flexibility index (Phi) is 6.41. The summed E-state index contributed by atoms with van der Waals surface area (Å²) in [6.45, 7) is 5.02. The average Bonchev–Trinajstić information content (AvgIpc) is 3.21. The van der Waals surface area contributed by atoms with Crippen LogP contribution in [0.2, 0.25) is 0 Å². The summed E-state index contributed by atoms with van der Waals surface area (Å²) in [5.74, 6) is 1.12. The molecule has 144 valence electrons. The molecule has 0 fully saturated rings. The second-order valence-electron chi connectivity index (χ2n) is 5.79. The standard InChI is InChI=1S/C21H22N4O3/c1-3-27-17-11-9-15(10-12-17)18-13-19(24-23-18)21(26)25-22-14-16-7-5-6-8-20(16)28-4-2/h5-14H,3-4H2,1-2H3,(H,23,24)(H,25,26)/b22-14+. The van der Waals surface area contributed by atoms with Crippen molar-refractivity contribution in [1.82, 2.24) is 15.6 Å². The summed E-state index contributed by atoms with van der Waals surface area (Å²) in [6.07, 6.45) is 1.55. The number of aromatic nitrogens is 2. The number of ether oxygens (including phenoxy) is 2. The predicted molar refractivity (Wildman–Crippen MR) is 108 cm³/mol. The molecule has 7 heteroatoms. The lowest BCUT2D eigenvalue weighted by atomic mass is 10.1. The molecule has 0 aliphatic heterocycles. The van der Waals surface area contributed by atoms with E-state index in [1.165, 1.54) is 0 Å². The van der Waals surface area contributed by atoms with Gasteiger partial charge in [0.25, 0.3) is 5.91 Å². The summed E-state index contributed by atoms with van der Waals surface area (Å²) >= 11 is 0. The molecule has 0 saturated carbocycles. The first-order valence-corrected chi connectivity index (χ1v) is 9.05. The van der Waals surface area contributed by atoms with Crippen LogP contribution in [-0.2, 0) is 0 Å². The maximum Gasteiger partial charge on any atom is 0.289 e. The van der Waals surface area contributed by atoms with E-state index in [1.54, 1.807) is 12.3 Å². The number of benzene rings is 2. The van der Waals surface area contributed by atoms with Gasteiger partial charge in [0.1, 0.15) is 17.2 Å². The van der Waals surface area contributed by atoms with Gasteiger partial charge in [-0.05, 0) is 56.3 Å². The molecule has 0 unspecified atom stereocenters. The highest BCUT2D eigenvalue weighted by molar-refractivity contribution is 5.94. The van der Waals surface area contributed by atoms with Gasteiger partial charge in [0, 0.05) is 11.1 Å². The number of nitrogens with one attached hydrogen (secondary N) is 2. The Morgan fingerprint density at radius 3 is 2.61 bits per heavy atom. The van der Waals surface area contributed by atoms with Crippen molar-refractivity contribution in [2.24, 2.45) is 5.10 Å². The van der Waals surface area contributed by atoms with Crippen LogP contribution in [0.4, 0.5) is 0 Å². The van der Waals surface area contributed by atoms with E-state index in [9.17, 15) is 4.79 Å². The zero-order valence-corrected chi connectivity index (χ0v) is 15.8. The maximum atomic E-state index is 12.3. The molecule has 1 amide bonds. The molecule has 1 aromatic heterocycles. The fourth-order valence-electron chi connectivity index (χ4n) is 2.57. The van der Waals surface area contributed by atoms with Crippen molar-refractivity contribution in [3.05, 3.63) is 65.9 Å². The minimum absolute atomic E-state index is 0.319. The van der Waals surface area contributed by atoms with Crippen molar-refractivity contribution in [1.29, 1.82) is 0 Å². The third-order valence-corrected chi connectivity index (χ3v) is 3.87. The molecule has 0 saturated heterocycles. The summed E-state index contributed by atoms with van der Waals surface area (Å²) in [4.78, 5) is 12.3. The van der Waals surface area contributed by atoms with E-state index < -0.39 is 0 Å². The van der Waals surface area contributed by atoms with E-state index in [1.807, 2.05) is 62.4 Å². The van der Waals surface area contributed by atoms with Crippen molar-refractivity contribution >= 4 is 12.1 Å². The quantitative estimate of drug-likeness (QED) is 0.463. The highest BCUT2D eigenvalue weighted by Gasteiger charge is 2.10. The first-order valence-electron chi connectivity index (χ1n) is 9.05. The number of carbonyl (C=O) groups is 1. The van der Waals surface area contributed by atoms with Crippen molar-refractivity contribution in [3.63, 3.8) is 0 Å². The van der Waals surface area contributed by atoms with Gasteiger partial charge in [-0.1, -0.05) is 12.1 Å². The number of H-pyrrole nitrogens is 1. The molecule has 0 aliphatic rings. The molecule has 0 atom stereocenters. The second kappa shape index (κ2) is 9.36. The Morgan fingerprint density at radius 2 is 1.86 bits per heavy atom. The molecule has 2 aromatic carbocycles. The topological polar surface area (TPSA) is 88.6 Å². The van der Waals surface area contributed by atoms with Crippen LogP contribution in [0.1, 0.15) is 29.9 Å². The normalized spacial score (nSPS) is 10.8. The second-order valence-corrected chi connectivity index (χ2v) is 5.79. The molecular weight excluding hydrogens is 356 g/mol. The van der Waals surface area contributed by atoms with Gasteiger partial charge in [-0.15, -0.1) is 0 Å². The molecule has 3 rings (SSSR count). The molecule has 0 aliphatic carbocycles. The molecule has 3 aromatic rings. The molecule has 2 N–H and O–H groups in total. The molecule has 7 nitrogen and oxygen atoms in total. The number of para-hydroxylation sites is 1. The number of hydrogen-bond acceptors (Lipinski definition) is 5. The van der Waals surface area contributed by atoms with E-state index in [-0.39, 0.29) is 5.91 Å². The highest BCUT2D eigenvalue weighted by Crippen LogP contribution is 2.21. The number of hydrazone groups is 1. The molecule has 1 heterocycles. The Balaban J connectivity index is 1.64. The third-order valence-electron chi connectivity index (χ3n) is 3.87. The average molecular weight is 378 g/mol. The van der Waals surface area contributed by atoms with Crippen LogP contribution in [0, 0.1) is 0 Å². The van der Waals surface area contributed by atoms with Gasteiger partial charge in [-0.25, -0.2) is 5.43 Å². The van der Waals surface area contributed by atoms with Gasteiger partial charge in [-0.3, -0.25) is 9.89 Å². The van der Waals surface area contributed by atoms with Gasteiger partial charge in [-0.2, -0.15) is 10.2 Å². The number of aromatic amines is 1. The van der Waals surface area contributed by atoms with Crippen LogP contribution >= 0.6 is 0 Å². The van der Waals surface area contributed by atoms with Gasteiger partial charge in [0.2, 0.25) is 0 Å². The monoisotopic (exact) mass is 378 g/mol. The van der Waals surface area contributed by atoms with E-state index >= 15 is 0 Å². The SMILES string of the molecule is CCOc1ccc(-c2cc(C(=O)N/N=C/c3ccccc3OCC)[nH]n2)cc1. The minimum atomic E-state index is -0.380. The van der Waals surface area contributed by atoms with Crippen molar-refractivity contribution in [2.75, 3.05) is 13.2 Å². The number of rotatable bonds is 8. The lowest BCUT2D eigenvalue weighted by molar-refractivity contribution is 0.0950. The van der Waals surface area contributed by atoms with Crippen LogP contribution in [0.15, 0.2) is 59.7 Å². The first kappa shape index (κ1) is 19.2. The minimum Gasteiger partial charge on any atom is -0.494 e. The van der Waals surface area contributed by atoms with Gasteiger partial charge in [0.15, 0.2) is 0 Å². The Bertz CT molecular complexity index is 948. The number of amides is 1. The molecular formula is C21H22N4O3.